The highest BCUT2D eigenvalue weighted by molar-refractivity contribution is 5.52. The second-order valence-electron chi connectivity index (χ2n) is 4.04. The first-order valence-electron chi connectivity index (χ1n) is 5.26. The highest BCUT2D eigenvalue weighted by Crippen LogP contribution is 2.26. The summed E-state index contributed by atoms with van der Waals surface area (Å²) in [5.41, 5.74) is 2.77. The third-order valence-corrected chi connectivity index (χ3v) is 3.07. The molecule has 2 rings (SSSR count). The smallest absolute Gasteiger partial charge is 0.0259 e. The van der Waals surface area contributed by atoms with Gasteiger partial charge in [0.15, 0.2) is 0 Å². The van der Waals surface area contributed by atoms with Crippen molar-refractivity contribution >= 4 is 6.08 Å². The van der Waals surface area contributed by atoms with Crippen LogP contribution in [0.4, 0.5) is 0 Å². The van der Waals surface area contributed by atoms with Gasteiger partial charge in [0.2, 0.25) is 0 Å². The van der Waals surface area contributed by atoms with Crippen LogP contribution in [0.3, 0.4) is 0 Å². The molecule has 0 bridgehead atoms. The number of likely N-dealkylation sites (tertiary alicyclic amines) is 1. The van der Waals surface area contributed by atoms with Crippen molar-refractivity contribution in [3.05, 3.63) is 41.6 Å². The third-order valence-electron chi connectivity index (χ3n) is 3.07. The quantitative estimate of drug-likeness (QED) is 0.653. The molecule has 0 N–H and O–H groups in total. The molecular formula is C13H17N. The number of benzene rings is 1. The van der Waals surface area contributed by atoms with E-state index in [1.807, 2.05) is 0 Å². The first kappa shape index (κ1) is 9.32. The molecule has 0 radical (unpaired) electrons. The molecule has 0 saturated carbocycles. The summed E-state index contributed by atoms with van der Waals surface area (Å²) in [6.07, 6.45) is 4.80. The molecular weight excluding hydrogens is 170 g/mol. The van der Waals surface area contributed by atoms with Gasteiger partial charge in [-0.05, 0) is 31.4 Å². The molecule has 1 aromatic rings. The summed E-state index contributed by atoms with van der Waals surface area (Å²) < 4.78 is 0. The highest BCUT2D eigenvalue weighted by Gasteiger charge is 2.19. The Morgan fingerprint density at radius 2 is 2.00 bits per heavy atom. The molecule has 74 valence electrons. The Labute approximate surface area is 86.1 Å². The summed E-state index contributed by atoms with van der Waals surface area (Å²) in [7, 11) is 2.19. The molecule has 0 amide bonds. The van der Waals surface area contributed by atoms with Crippen LogP contribution >= 0.6 is 0 Å². The minimum atomic E-state index is 0.699. The zero-order valence-corrected chi connectivity index (χ0v) is 8.90. The van der Waals surface area contributed by atoms with Crippen molar-refractivity contribution in [2.75, 3.05) is 7.05 Å². The monoisotopic (exact) mass is 187 g/mol. The first-order valence-corrected chi connectivity index (χ1v) is 5.26. The molecule has 1 aliphatic rings. The van der Waals surface area contributed by atoms with Gasteiger partial charge in [-0.1, -0.05) is 30.3 Å². The van der Waals surface area contributed by atoms with E-state index in [0.29, 0.717) is 6.04 Å². The molecule has 1 aromatic carbocycles. The van der Waals surface area contributed by atoms with Crippen LogP contribution in [0.25, 0.3) is 6.08 Å². The lowest BCUT2D eigenvalue weighted by atomic mass is 10.1. The molecule has 0 spiro atoms. The molecule has 1 heteroatoms. The van der Waals surface area contributed by atoms with Gasteiger partial charge in [-0.2, -0.15) is 0 Å². The van der Waals surface area contributed by atoms with Gasteiger partial charge in [0.25, 0.3) is 0 Å². The molecule has 1 saturated heterocycles. The predicted octanol–water partition coefficient (Wildman–Crippen LogP) is 3.14. The van der Waals surface area contributed by atoms with Crippen molar-refractivity contribution in [2.45, 2.75) is 25.8 Å². The largest absolute Gasteiger partial charge is 0.375 e. The van der Waals surface area contributed by atoms with E-state index in [0.717, 1.165) is 0 Å². The van der Waals surface area contributed by atoms with Gasteiger partial charge < -0.3 is 4.90 Å². The summed E-state index contributed by atoms with van der Waals surface area (Å²) >= 11 is 0. The maximum Gasteiger partial charge on any atom is 0.0259 e. The summed E-state index contributed by atoms with van der Waals surface area (Å²) in [6.45, 7) is 2.28. The normalized spacial score (nSPS) is 24.6. The van der Waals surface area contributed by atoms with Gasteiger partial charge in [0.05, 0.1) is 0 Å². The van der Waals surface area contributed by atoms with E-state index in [1.54, 1.807) is 0 Å². The van der Waals surface area contributed by atoms with Crippen LogP contribution in [-0.4, -0.2) is 18.0 Å². The summed E-state index contributed by atoms with van der Waals surface area (Å²) in [6, 6.07) is 11.2. The Bertz CT molecular complexity index is 326. The van der Waals surface area contributed by atoms with Crippen LogP contribution in [0.2, 0.25) is 0 Å². The van der Waals surface area contributed by atoms with Crippen LogP contribution < -0.4 is 0 Å². The fourth-order valence-electron chi connectivity index (χ4n) is 1.93. The fourth-order valence-corrected chi connectivity index (χ4v) is 1.93. The second kappa shape index (κ2) is 3.87. The molecule has 1 atom stereocenters. The van der Waals surface area contributed by atoms with Gasteiger partial charge >= 0.3 is 0 Å². The molecule has 0 aromatic heterocycles. The standard InChI is InChI=1S/C13H17N/c1-11-8-9-13(14(11)2)10-12-6-4-3-5-7-12/h3-7,10-11H,8-9H2,1-2H3/b13-10-. The van der Waals surface area contributed by atoms with Gasteiger partial charge in [-0.25, -0.2) is 0 Å². The van der Waals surface area contributed by atoms with Gasteiger partial charge in [0.1, 0.15) is 0 Å². The Hall–Kier alpha value is -1.24. The average molecular weight is 187 g/mol. The van der Waals surface area contributed by atoms with Crippen molar-refractivity contribution in [1.29, 1.82) is 0 Å². The molecule has 1 aliphatic heterocycles. The van der Waals surface area contributed by atoms with Crippen molar-refractivity contribution in [3.8, 4) is 0 Å². The van der Waals surface area contributed by atoms with Gasteiger partial charge in [-0.3, -0.25) is 0 Å². The Kier molecular flexibility index (Phi) is 2.58. The molecule has 0 aliphatic carbocycles. The van der Waals surface area contributed by atoms with Crippen molar-refractivity contribution in [1.82, 2.24) is 4.90 Å². The SMILES string of the molecule is CC1CC/C(=C/c2ccccc2)N1C. The van der Waals surface area contributed by atoms with Gasteiger partial charge in [0, 0.05) is 18.8 Å². The van der Waals surface area contributed by atoms with E-state index in [9.17, 15) is 0 Å². The number of hydrogen-bond acceptors (Lipinski definition) is 1. The van der Waals surface area contributed by atoms with Crippen LogP contribution in [0.15, 0.2) is 36.0 Å². The van der Waals surface area contributed by atoms with Gasteiger partial charge in [-0.15, -0.1) is 0 Å². The minimum Gasteiger partial charge on any atom is -0.375 e. The summed E-state index contributed by atoms with van der Waals surface area (Å²) in [5, 5.41) is 0. The maximum atomic E-state index is 2.38. The van der Waals surface area contributed by atoms with E-state index in [-0.39, 0.29) is 0 Å². The lowest BCUT2D eigenvalue weighted by Crippen LogP contribution is -2.19. The van der Waals surface area contributed by atoms with E-state index in [4.69, 9.17) is 0 Å². The lowest BCUT2D eigenvalue weighted by molar-refractivity contribution is 0.378. The molecule has 1 nitrogen and oxygen atoms in total. The minimum absolute atomic E-state index is 0.699. The Morgan fingerprint density at radius 3 is 2.57 bits per heavy atom. The molecule has 14 heavy (non-hydrogen) atoms. The van der Waals surface area contributed by atoms with Crippen LogP contribution in [-0.2, 0) is 0 Å². The van der Waals surface area contributed by atoms with Crippen LogP contribution in [0, 0.1) is 0 Å². The Morgan fingerprint density at radius 1 is 1.29 bits per heavy atom. The zero-order valence-electron chi connectivity index (χ0n) is 8.90. The van der Waals surface area contributed by atoms with E-state index in [1.165, 1.54) is 24.1 Å². The topological polar surface area (TPSA) is 3.24 Å². The van der Waals surface area contributed by atoms with E-state index >= 15 is 0 Å². The molecule has 1 unspecified atom stereocenters. The third kappa shape index (κ3) is 1.82. The fraction of sp³-hybridized carbons (Fsp3) is 0.385. The average Bonchev–Trinajstić information content (AvgIpc) is 2.52. The maximum absolute atomic E-state index is 2.38. The van der Waals surface area contributed by atoms with Crippen molar-refractivity contribution in [2.24, 2.45) is 0 Å². The molecule has 1 fully saturated rings. The predicted molar refractivity (Wildman–Crippen MR) is 60.9 cm³/mol. The number of hydrogen-bond donors (Lipinski definition) is 0. The second-order valence-corrected chi connectivity index (χ2v) is 4.04. The summed E-state index contributed by atoms with van der Waals surface area (Å²) in [5.74, 6) is 0. The number of nitrogens with zero attached hydrogens (tertiary/aromatic N) is 1. The Balaban J connectivity index is 2.20. The molecule has 1 heterocycles. The lowest BCUT2D eigenvalue weighted by Gasteiger charge is -2.18. The first-order chi connectivity index (χ1) is 6.77. The van der Waals surface area contributed by atoms with Crippen LogP contribution in [0.1, 0.15) is 25.3 Å². The zero-order chi connectivity index (χ0) is 9.97. The van der Waals surface area contributed by atoms with Crippen molar-refractivity contribution in [3.63, 3.8) is 0 Å². The van der Waals surface area contributed by atoms with E-state index in [2.05, 4.69) is 55.3 Å². The van der Waals surface area contributed by atoms with Crippen LogP contribution in [0.5, 0.6) is 0 Å². The summed E-state index contributed by atoms with van der Waals surface area (Å²) in [4.78, 5) is 2.38. The number of rotatable bonds is 1. The number of allylic oxidation sites excluding steroid dienone is 1. The van der Waals surface area contributed by atoms with E-state index < -0.39 is 0 Å². The highest BCUT2D eigenvalue weighted by atomic mass is 15.2. The van der Waals surface area contributed by atoms with Crippen molar-refractivity contribution < 1.29 is 0 Å².